The van der Waals surface area contributed by atoms with Crippen LogP contribution in [0.2, 0.25) is 0 Å². The molecule has 0 aliphatic heterocycles. The van der Waals surface area contributed by atoms with E-state index in [4.69, 9.17) is 0 Å². The number of benzene rings is 3. The fourth-order valence-electron chi connectivity index (χ4n) is 3.49. The molecule has 0 saturated carbocycles. The van der Waals surface area contributed by atoms with Crippen LogP contribution < -0.4 is 5.56 Å². The largest absolute Gasteiger partial charge is 0.343 e. The smallest absolute Gasteiger partial charge is 0.259 e. The molecule has 2 aromatic heterocycles. The summed E-state index contributed by atoms with van der Waals surface area (Å²) in [6.45, 7) is 0.661. The van der Waals surface area contributed by atoms with Gasteiger partial charge in [-0.1, -0.05) is 24.3 Å². The molecular weight excluding hydrogens is 353 g/mol. The quantitative estimate of drug-likeness (QED) is 0.500. The average molecular weight is 369 g/mol. The van der Waals surface area contributed by atoms with Gasteiger partial charge >= 0.3 is 0 Å². The normalized spacial score (nSPS) is 11.3. The zero-order valence-electron chi connectivity index (χ0n) is 14.9. The van der Waals surface area contributed by atoms with Crippen molar-refractivity contribution in [1.29, 1.82) is 0 Å². The molecule has 0 aliphatic carbocycles. The Morgan fingerprint density at radius 2 is 1.79 bits per heavy atom. The van der Waals surface area contributed by atoms with Gasteiger partial charge in [0.2, 0.25) is 0 Å². The first-order valence-corrected chi connectivity index (χ1v) is 9.00. The topological polar surface area (TPSA) is 50.7 Å². The number of aromatic nitrogens is 3. The first-order valence-electron chi connectivity index (χ1n) is 9.00. The van der Waals surface area contributed by atoms with Gasteiger partial charge < -0.3 is 9.55 Å². The summed E-state index contributed by atoms with van der Waals surface area (Å²) >= 11 is 0. The van der Waals surface area contributed by atoms with Gasteiger partial charge in [-0.3, -0.25) is 4.79 Å². The zero-order valence-corrected chi connectivity index (χ0v) is 14.9. The van der Waals surface area contributed by atoms with Crippen molar-refractivity contribution >= 4 is 21.8 Å². The summed E-state index contributed by atoms with van der Waals surface area (Å²) in [5.74, 6) is 0.319. The van der Waals surface area contributed by atoms with Crippen LogP contribution in [0.5, 0.6) is 0 Å². The number of H-pyrrole nitrogens is 1. The maximum atomic E-state index is 13.1. The van der Waals surface area contributed by atoms with Crippen molar-refractivity contribution in [3.8, 4) is 11.4 Å². The van der Waals surface area contributed by atoms with Crippen molar-refractivity contribution in [2.45, 2.75) is 6.54 Å². The summed E-state index contributed by atoms with van der Waals surface area (Å²) < 4.78 is 15.2. The molecule has 3 aromatic carbocycles. The molecule has 0 unspecified atom stereocenters. The second-order valence-electron chi connectivity index (χ2n) is 6.78. The van der Waals surface area contributed by atoms with Crippen LogP contribution in [-0.4, -0.2) is 14.5 Å². The number of aromatic amines is 1. The Morgan fingerprint density at radius 1 is 0.964 bits per heavy atom. The van der Waals surface area contributed by atoms with Gasteiger partial charge in [-0.15, -0.1) is 0 Å². The molecule has 28 heavy (non-hydrogen) atoms. The van der Waals surface area contributed by atoms with Crippen LogP contribution in [-0.2, 0) is 6.54 Å². The predicted octanol–water partition coefficient (Wildman–Crippen LogP) is 4.73. The van der Waals surface area contributed by atoms with Crippen molar-refractivity contribution in [1.82, 2.24) is 14.5 Å². The van der Waals surface area contributed by atoms with Crippen LogP contribution in [0.25, 0.3) is 33.2 Å². The van der Waals surface area contributed by atoms with Gasteiger partial charge in [-0.25, -0.2) is 9.37 Å². The molecular formula is C23H16FN3O. The number of para-hydroxylation sites is 1. The summed E-state index contributed by atoms with van der Waals surface area (Å²) in [5.41, 5.74) is 3.49. The van der Waals surface area contributed by atoms with E-state index in [1.807, 2.05) is 48.7 Å². The monoisotopic (exact) mass is 369 g/mol. The minimum Gasteiger partial charge on any atom is -0.343 e. The van der Waals surface area contributed by atoms with E-state index >= 15 is 0 Å². The van der Waals surface area contributed by atoms with Crippen LogP contribution >= 0.6 is 0 Å². The highest BCUT2D eigenvalue weighted by Crippen LogP contribution is 2.24. The van der Waals surface area contributed by atoms with E-state index in [1.54, 1.807) is 18.2 Å². The fraction of sp³-hybridized carbons (Fsp3) is 0.0435. The SMILES string of the molecule is O=c1[nH]c(-c2ccc3c(ccn3Cc3ccc(F)cc3)c2)nc2ccccc12. The molecule has 5 rings (SSSR count). The van der Waals surface area contributed by atoms with E-state index in [2.05, 4.69) is 14.5 Å². The minimum absolute atomic E-state index is 0.144. The Labute approximate surface area is 159 Å². The lowest BCUT2D eigenvalue weighted by molar-refractivity contribution is 0.626. The second-order valence-corrected chi connectivity index (χ2v) is 6.78. The molecule has 0 fully saturated rings. The molecule has 5 aromatic rings. The summed E-state index contributed by atoms with van der Waals surface area (Å²) in [6.07, 6.45) is 2.01. The van der Waals surface area contributed by atoms with Gasteiger partial charge in [0.05, 0.1) is 10.9 Å². The van der Waals surface area contributed by atoms with Crippen molar-refractivity contribution in [2.24, 2.45) is 0 Å². The lowest BCUT2D eigenvalue weighted by Gasteiger charge is -2.07. The van der Waals surface area contributed by atoms with Gasteiger partial charge in [0.25, 0.3) is 5.56 Å². The third-order valence-corrected chi connectivity index (χ3v) is 4.92. The fourth-order valence-corrected chi connectivity index (χ4v) is 3.49. The standard InChI is InChI=1S/C23H16FN3O/c24-18-8-5-15(6-9-18)14-27-12-11-16-13-17(7-10-21(16)27)22-25-20-4-2-1-3-19(20)23(28)26-22/h1-13H,14H2,(H,25,26,28). The molecule has 0 radical (unpaired) electrons. The van der Waals surface area contributed by atoms with Crippen LogP contribution in [0.4, 0.5) is 4.39 Å². The third-order valence-electron chi connectivity index (χ3n) is 4.92. The molecule has 2 heterocycles. The van der Waals surface area contributed by atoms with Crippen LogP contribution in [0.1, 0.15) is 5.56 Å². The molecule has 0 aliphatic rings. The highest BCUT2D eigenvalue weighted by atomic mass is 19.1. The van der Waals surface area contributed by atoms with Gasteiger partial charge in [-0.2, -0.15) is 0 Å². The van der Waals surface area contributed by atoms with Crippen LogP contribution in [0.15, 0.2) is 83.8 Å². The zero-order chi connectivity index (χ0) is 19.1. The van der Waals surface area contributed by atoms with Crippen molar-refractivity contribution in [2.75, 3.05) is 0 Å². The van der Waals surface area contributed by atoms with Crippen LogP contribution in [0, 0.1) is 5.82 Å². The number of halogens is 1. The number of nitrogens with one attached hydrogen (secondary N) is 1. The minimum atomic E-state index is -0.234. The van der Waals surface area contributed by atoms with Gasteiger partial charge in [0, 0.05) is 29.2 Å². The molecule has 0 saturated heterocycles. The van der Waals surface area contributed by atoms with E-state index in [-0.39, 0.29) is 11.4 Å². The molecule has 5 heteroatoms. The molecule has 1 N–H and O–H groups in total. The van der Waals surface area contributed by atoms with E-state index < -0.39 is 0 Å². The maximum Gasteiger partial charge on any atom is 0.259 e. The lowest BCUT2D eigenvalue weighted by atomic mass is 10.1. The molecule has 0 atom stereocenters. The number of fused-ring (bicyclic) bond motifs is 2. The summed E-state index contributed by atoms with van der Waals surface area (Å²) in [4.78, 5) is 19.8. The molecule has 4 nitrogen and oxygen atoms in total. The number of rotatable bonds is 3. The van der Waals surface area contributed by atoms with Crippen molar-refractivity contribution < 1.29 is 4.39 Å². The average Bonchev–Trinajstić information content (AvgIpc) is 3.12. The summed E-state index contributed by atoms with van der Waals surface area (Å²) in [6, 6.07) is 21.9. The molecule has 0 bridgehead atoms. The summed E-state index contributed by atoms with van der Waals surface area (Å²) in [5, 5.41) is 1.63. The Hall–Kier alpha value is -3.73. The Morgan fingerprint density at radius 3 is 2.64 bits per heavy atom. The number of nitrogens with zero attached hydrogens (tertiary/aromatic N) is 2. The van der Waals surface area contributed by atoms with E-state index in [1.165, 1.54) is 12.1 Å². The predicted molar refractivity (Wildman–Crippen MR) is 109 cm³/mol. The van der Waals surface area contributed by atoms with Crippen LogP contribution in [0.3, 0.4) is 0 Å². The van der Waals surface area contributed by atoms with E-state index in [9.17, 15) is 9.18 Å². The molecule has 0 amide bonds. The van der Waals surface area contributed by atoms with Gasteiger partial charge in [0.1, 0.15) is 11.6 Å². The Balaban J connectivity index is 1.54. The highest BCUT2D eigenvalue weighted by Gasteiger charge is 2.08. The molecule has 0 spiro atoms. The van der Waals surface area contributed by atoms with E-state index in [0.717, 1.165) is 22.0 Å². The molecule has 136 valence electrons. The first kappa shape index (κ1) is 16.4. The first-order chi connectivity index (χ1) is 13.7. The van der Waals surface area contributed by atoms with Crippen molar-refractivity contribution in [3.63, 3.8) is 0 Å². The van der Waals surface area contributed by atoms with E-state index in [0.29, 0.717) is 23.3 Å². The maximum absolute atomic E-state index is 13.1. The third kappa shape index (κ3) is 2.87. The Bertz CT molecular complexity index is 1370. The lowest BCUT2D eigenvalue weighted by Crippen LogP contribution is -2.09. The van der Waals surface area contributed by atoms with Gasteiger partial charge in [-0.05, 0) is 54.1 Å². The number of hydrogen-bond acceptors (Lipinski definition) is 2. The summed E-state index contributed by atoms with van der Waals surface area (Å²) in [7, 11) is 0. The highest BCUT2D eigenvalue weighted by molar-refractivity contribution is 5.86. The second kappa shape index (κ2) is 6.46. The van der Waals surface area contributed by atoms with Gasteiger partial charge in [0.15, 0.2) is 0 Å². The Kier molecular flexibility index (Phi) is 3.79. The number of hydrogen-bond donors (Lipinski definition) is 1. The van der Waals surface area contributed by atoms with Crippen molar-refractivity contribution in [3.05, 3.63) is 101 Å².